The van der Waals surface area contributed by atoms with Gasteiger partial charge in [0, 0.05) is 19.0 Å². The lowest BCUT2D eigenvalue weighted by molar-refractivity contribution is -0.145. The highest BCUT2D eigenvalue weighted by molar-refractivity contribution is 6.42. The van der Waals surface area contributed by atoms with Crippen molar-refractivity contribution in [3.8, 4) is 0 Å². The number of hydrogen-bond acceptors (Lipinski definition) is 3. The number of nitrogens with zero attached hydrogens (tertiary/aromatic N) is 2. The number of benzene rings is 1. The van der Waals surface area contributed by atoms with E-state index < -0.39 is 5.97 Å². The molecule has 1 saturated carbocycles. The maximum atomic E-state index is 12.6. The second kappa shape index (κ2) is 7.51. The van der Waals surface area contributed by atoms with Gasteiger partial charge in [-0.3, -0.25) is 9.59 Å². The number of carbonyl (C=O) groups is 2. The molecule has 0 aromatic heterocycles. The number of hydrogen-bond donors (Lipinski definition) is 1. The molecule has 1 fully saturated rings. The van der Waals surface area contributed by atoms with Crippen LogP contribution < -0.4 is 0 Å². The predicted molar refractivity (Wildman–Crippen MR) is 90.1 cm³/mol. The third-order valence-corrected chi connectivity index (χ3v) is 4.78. The Bertz CT molecular complexity index is 607. The van der Waals surface area contributed by atoms with Crippen molar-refractivity contribution >= 4 is 35.1 Å². The smallest absolute Gasteiger partial charge is 0.323 e. The van der Waals surface area contributed by atoms with Gasteiger partial charge >= 0.3 is 5.97 Å². The summed E-state index contributed by atoms with van der Waals surface area (Å²) in [6.45, 7) is 0.734. The van der Waals surface area contributed by atoms with Crippen molar-refractivity contribution in [2.75, 3.05) is 33.7 Å². The van der Waals surface area contributed by atoms with Crippen LogP contribution in [0.15, 0.2) is 18.2 Å². The highest BCUT2D eigenvalue weighted by atomic mass is 35.5. The first-order valence-corrected chi connectivity index (χ1v) is 8.16. The number of halogens is 2. The van der Waals surface area contributed by atoms with E-state index in [0.717, 1.165) is 5.56 Å². The first-order valence-electron chi connectivity index (χ1n) is 7.40. The first kappa shape index (κ1) is 18.0. The number of likely N-dealkylation sites (N-methyl/N-ethyl adjacent to an activating group) is 1. The maximum absolute atomic E-state index is 12.6. The molecule has 1 aliphatic carbocycles. The summed E-state index contributed by atoms with van der Waals surface area (Å²) in [6.07, 6.45) is 0.678. The van der Waals surface area contributed by atoms with E-state index in [-0.39, 0.29) is 24.3 Å². The highest BCUT2D eigenvalue weighted by Gasteiger charge is 2.46. The Morgan fingerprint density at radius 3 is 2.57 bits per heavy atom. The summed E-state index contributed by atoms with van der Waals surface area (Å²) < 4.78 is 0. The SMILES string of the molecule is CN(C)CCN(CC(=O)O)C(=O)[C@@H]1C[C@H]1c1cccc(Cl)c1Cl. The van der Waals surface area contributed by atoms with E-state index in [4.69, 9.17) is 28.3 Å². The van der Waals surface area contributed by atoms with Gasteiger partial charge < -0.3 is 14.9 Å². The molecule has 0 radical (unpaired) electrons. The van der Waals surface area contributed by atoms with Gasteiger partial charge in [0.15, 0.2) is 0 Å². The van der Waals surface area contributed by atoms with E-state index >= 15 is 0 Å². The average Bonchev–Trinajstić information content (AvgIpc) is 3.25. The van der Waals surface area contributed by atoms with Crippen molar-refractivity contribution in [1.29, 1.82) is 0 Å². The molecule has 1 aromatic carbocycles. The van der Waals surface area contributed by atoms with Gasteiger partial charge in [-0.15, -0.1) is 0 Å². The van der Waals surface area contributed by atoms with Crippen LogP contribution in [0.5, 0.6) is 0 Å². The van der Waals surface area contributed by atoms with Gasteiger partial charge in [0.25, 0.3) is 0 Å². The standard InChI is InChI=1S/C16H20Cl2N2O3/c1-19(2)6-7-20(9-14(21)22)16(23)12-8-11(12)10-4-3-5-13(17)15(10)18/h3-5,11-12H,6-9H2,1-2H3,(H,21,22)/t11-,12+/m0/s1. The van der Waals surface area contributed by atoms with Crippen LogP contribution in [0.2, 0.25) is 10.0 Å². The predicted octanol–water partition coefficient (Wildman–Crippen LogP) is 2.57. The van der Waals surface area contributed by atoms with Crippen molar-refractivity contribution in [1.82, 2.24) is 9.80 Å². The summed E-state index contributed by atoms with van der Waals surface area (Å²) in [5.74, 6) is -1.33. The van der Waals surface area contributed by atoms with Gasteiger partial charge in [-0.25, -0.2) is 0 Å². The monoisotopic (exact) mass is 358 g/mol. The molecule has 0 bridgehead atoms. The van der Waals surface area contributed by atoms with Crippen molar-refractivity contribution in [3.05, 3.63) is 33.8 Å². The maximum Gasteiger partial charge on any atom is 0.323 e. The van der Waals surface area contributed by atoms with Crippen LogP contribution in [0.3, 0.4) is 0 Å². The first-order chi connectivity index (χ1) is 10.8. The van der Waals surface area contributed by atoms with Crippen molar-refractivity contribution in [3.63, 3.8) is 0 Å². The fourth-order valence-corrected chi connectivity index (χ4v) is 3.05. The molecule has 7 heteroatoms. The second-order valence-electron chi connectivity index (χ2n) is 6.05. The van der Waals surface area contributed by atoms with E-state index in [1.807, 2.05) is 31.1 Å². The number of aliphatic carboxylic acids is 1. The third-order valence-electron chi connectivity index (χ3n) is 3.94. The molecule has 0 heterocycles. The molecule has 1 aliphatic rings. The van der Waals surface area contributed by atoms with E-state index in [2.05, 4.69) is 0 Å². The third kappa shape index (κ3) is 4.59. The number of carbonyl (C=O) groups excluding carboxylic acids is 1. The Morgan fingerprint density at radius 2 is 1.96 bits per heavy atom. The van der Waals surface area contributed by atoms with Crippen molar-refractivity contribution < 1.29 is 14.7 Å². The van der Waals surface area contributed by atoms with Crippen LogP contribution in [0, 0.1) is 5.92 Å². The molecule has 2 rings (SSSR count). The zero-order chi connectivity index (χ0) is 17.1. The van der Waals surface area contributed by atoms with Gasteiger partial charge in [-0.05, 0) is 38.1 Å². The van der Waals surface area contributed by atoms with Crippen molar-refractivity contribution in [2.45, 2.75) is 12.3 Å². The molecule has 0 unspecified atom stereocenters. The van der Waals surface area contributed by atoms with Crippen LogP contribution in [-0.4, -0.2) is 60.5 Å². The number of carboxylic acid groups (broad SMARTS) is 1. The van der Waals surface area contributed by atoms with Crippen LogP contribution in [-0.2, 0) is 9.59 Å². The Balaban J connectivity index is 2.06. The van der Waals surface area contributed by atoms with E-state index in [9.17, 15) is 9.59 Å². The second-order valence-corrected chi connectivity index (χ2v) is 6.83. The molecule has 2 atom stereocenters. The number of rotatable bonds is 7. The zero-order valence-electron chi connectivity index (χ0n) is 13.1. The highest BCUT2D eigenvalue weighted by Crippen LogP contribution is 2.51. The lowest BCUT2D eigenvalue weighted by Crippen LogP contribution is -2.41. The molecule has 23 heavy (non-hydrogen) atoms. The Kier molecular flexibility index (Phi) is 5.89. The topological polar surface area (TPSA) is 60.9 Å². The Labute approximate surface area is 145 Å². The summed E-state index contributed by atoms with van der Waals surface area (Å²) in [5, 5.41) is 9.97. The fraction of sp³-hybridized carbons (Fsp3) is 0.500. The van der Waals surface area contributed by atoms with Gasteiger partial charge in [0.2, 0.25) is 5.91 Å². The van der Waals surface area contributed by atoms with Crippen LogP contribution >= 0.6 is 23.2 Å². The molecule has 1 N–H and O–H groups in total. The summed E-state index contributed by atoms with van der Waals surface area (Å²) >= 11 is 12.2. The van der Waals surface area contributed by atoms with E-state index in [0.29, 0.717) is 29.6 Å². The fourth-order valence-electron chi connectivity index (χ4n) is 2.60. The molecular weight excluding hydrogens is 339 g/mol. The minimum atomic E-state index is -1.00. The quantitative estimate of drug-likeness (QED) is 0.813. The Hall–Kier alpha value is -1.30. The summed E-state index contributed by atoms with van der Waals surface area (Å²) in [4.78, 5) is 26.9. The summed E-state index contributed by atoms with van der Waals surface area (Å²) in [6, 6.07) is 5.39. The summed E-state index contributed by atoms with van der Waals surface area (Å²) in [7, 11) is 3.77. The van der Waals surface area contributed by atoms with Gasteiger partial charge in [0.1, 0.15) is 6.54 Å². The molecular formula is C16H20Cl2N2O3. The average molecular weight is 359 g/mol. The zero-order valence-corrected chi connectivity index (χ0v) is 14.6. The van der Waals surface area contributed by atoms with Crippen molar-refractivity contribution in [2.24, 2.45) is 5.92 Å². The van der Waals surface area contributed by atoms with Gasteiger partial charge in [-0.2, -0.15) is 0 Å². The molecule has 1 aromatic rings. The minimum absolute atomic E-state index is 0.0179. The van der Waals surface area contributed by atoms with Crippen LogP contribution in [0.25, 0.3) is 0 Å². The molecule has 126 valence electrons. The van der Waals surface area contributed by atoms with E-state index in [1.165, 1.54) is 4.90 Å². The summed E-state index contributed by atoms with van der Waals surface area (Å²) in [5.41, 5.74) is 0.861. The molecule has 0 spiro atoms. The largest absolute Gasteiger partial charge is 0.480 e. The van der Waals surface area contributed by atoms with Crippen LogP contribution in [0.1, 0.15) is 17.9 Å². The number of amides is 1. The lowest BCUT2D eigenvalue weighted by atomic mass is 10.1. The van der Waals surface area contributed by atoms with E-state index in [1.54, 1.807) is 6.07 Å². The van der Waals surface area contributed by atoms with Gasteiger partial charge in [-0.1, -0.05) is 35.3 Å². The van der Waals surface area contributed by atoms with Crippen LogP contribution in [0.4, 0.5) is 0 Å². The number of carboxylic acids is 1. The normalized spacial score (nSPS) is 19.7. The molecule has 0 saturated heterocycles. The lowest BCUT2D eigenvalue weighted by Gasteiger charge is -2.23. The van der Waals surface area contributed by atoms with Gasteiger partial charge in [0.05, 0.1) is 10.0 Å². The molecule has 0 aliphatic heterocycles. The molecule has 5 nitrogen and oxygen atoms in total. The minimum Gasteiger partial charge on any atom is -0.480 e. The Morgan fingerprint density at radius 1 is 1.26 bits per heavy atom. The molecule has 1 amide bonds.